The topological polar surface area (TPSA) is 29.5 Å². The zero-order chi connectivity index (χ0) is 11.9. The first-order valence-electron chi connectivity index (χ1n) is 6.05. The van der Waals surface area contributed by atoms with Crippen LogP contribution in [0.3, 0.4) is 0 Å². The van der Waals surface area contributed by atoms with Gasteiger partial charge >= 0.3 is 6.09 Å². The van der Waals surface area contributed by atoms with Crippen LogP contribution in [-0.2, 0) is 4.74 Å². The van der Waals surface area contributed by atoms with E-state index in [1.807, 2.05) is 25.7 Å². The van der Waals surface area contributed by atoms with Gasteiger partial charge in [-0.2, -0.15) is 0 Å². The van der Waals surface area contributed by atoms with Crippen LogP contribution in [0.1, 0.15) is 46.5 Å². The van der Waals surface area contributed by atoms with Crippen LogP contribution < -0.4 is 0 Å². The summed E-state index contributed by atoms with van der Waals surface area (Å²) in [7, 11) is 0. The third-order valence-corrected chi connectivity index (χ3v) is 3.29. The SMILES string of the molecule is C=C1CC[C@H]2C[C@@H](C1)N2C(=O)OC(C)(C)C. The Hall–Kier alpha value is -0.990. The van der Waals surface area contributed by atoms with Gasteiger partial charge in [-0.15, -0.1) is 0 Å². The molecule has 0 aromatic rings. The molecule has 2 saturated heterocycles. The lowest BCUT2D eigenvalue weighted by atomic mass is 9.92. The summed E-state index contributed by atoms with van der Waals surface area (Å²) < 4.78 is 5.43. The molecule has 2 heterocycles. The molecule has 1 aliphatic carbocycles. The number of ether oxygens (including phenoxy) is 1. The van der Waals surface area contributed by atoms with Crippen LogP contribution in [0.25, 0.3) is 0 Å². The smallest absolute Gasteiger partial charge is 0.410 e. The van der Waals surface area contributed by atoms with E-state index in [9.17, 15) is 4.79 Å². The monoisotopic (exact) mass is 223 g/mol. The van der Waals surface area contributed by atoms with E-state index in [1.54, 1.807) is 0 Å². The van der Waals surface area contributed by atoms with Crippen LogP contribution in [0.15, 0.2) is 12.2 Å². The fourth-order valence-corrected chi connectivity index (χ4v) is 2.56. The lowest BCUT2D eigenvalue weighted by molar-refractivity contribution is -0.0288. The van der Waals surface area contributed by atoms with Gasteiger partial charge in [0.25, 0.3) is 0 Å². The summed E-state index contributed by atoms with van der Waals surface area (Å²) in [5.41, 5.74) is 0.880. The molecule has 0 aromatic heterocycles. The molecule has 3 rings (SSSR count). The van der Waals surface area contributed by atoms with E-state index in [0.717, 1.165) is 25.7 Å². The number of carbonyl (C=O) groups excluding carboxylic acids is 1. The number of carbonyl (C=O) groups is 1. The van der Waals surface area contributed by atoms with Gasteiger partial charge in [0.1, 0.15) is 5.60 Å². The van der Waals surface area contributed by atoms with Crippen molar-refractivity contribution < 1.29 is 9.53 Å². The molecular weight excluding hydrogens is 202 g/mol. The summed E-state index contributed by atoms with van der Waals surface area (Å²) in [6.07, 6.45) is 4.03. The van der Waals surface area contributed by atoms with Gasteiger partial charge in [-0.1, -0.05) is 12.2 Å². The maximum absolute atomic E-state index is 12.0. The van der Waals surface area contributed by atoms with E-state index in [2.05, 4.69) is 6.58 Å². The number of amides is 1. The Kier molecular flexibility index (Phi) is 2.72. The molecule has 0 N–H and O–H groups in total. The fraction of sp³-hybridized carbons (Fsp3) is 0.769. The van der Waals surface area contributed by atoms with Gasteiger partial charge < -0.3 is 9.64 Å². The third-order valence-electron chi connectivity index (χ3n) is 3.29. The third kappa shape index (κ3) is 2.23. The van der Waals surface area contributed by atoms with Gasteiger partial charge in [0.2, 0.25) is 0 Å². The fourth-order valence-electron chi connectivity index (χ4n) is 2.56. The Bertz CT molecular complexity index is 316. The highest BCUT2D eigenvalue weighted by Gasteiger charge is 2.45. The quantitative estimate of drug-likeness (QED) is 0.590. The van der Waals surface area contributed by atoms with Crippen LogP contribution in [0.2, 0.25) is 0 Å². The second kappa shape index (κ2) is 3.79. The first-order chi connectivity index (χ1) is 7.37. The van der Waals surface area contributed by atoms with Crippen molar-refractivity contribution in [3.05, 3.63) is 12.2 Å². The predicted octanol–water partition coefficient (Wildman–Crippen LogP) is 3.10. The van der Waals surface area contributed by atoms with Gasteiger partial charge in [-0.05, 0) is 46.5 Å². The molecule has 0 radical (unpaired) electrons. The Morgan fingerprint density at radius 1 is 1.44 bits per heavy atom. The minimum absolute atomic E-state index is 0.150. The molecule has 1 amide bonds. The molecule has 90 valence electrons. The van der Waals surface area contributed by atoms with Crippen molar-refractivity contribution in [2.75, 3.05) is 0 Å². The standard InChI is InChI=1S/C13H21NO2/c1-9-5-6-10-8-11(7-9)14(10)12(15)16-13(2,3)4/h10-11H,1,5-8H2,2-4H3/t10-,11+/m0/s1. The highest BCUT2D eigenvalue weighted by molar-refractivity contribution is 5.70. The molecule has 3 aliphatic rings. The molecule has 2 bridgehead atoms. The summed E-state index contributed by atoms with van der Waals surface area (Å²) in [5, 5.41) is 0. The Balaban J connectivity index is 2.01. The molecular formula is C13H21NO2. The van der Waals surface area contributed by atoms with Crippen LogP contribution in [0, 0.1) is 0 Å². The lowest BCUT2D eigenvalue weighted by Crippen LogP contribution is -2.58. The zero-order valence-electron chi connectivity index (χ0n) is 10.5. The molecule has 0 unspecified atom stereocenters. The number of fused-ring (bicyclic) bond motifs is 3. The van der Waals surface area contributed by atoms with Crippen molar-refractivity contribution in [3.8, 4) is 0 Å². The van der Waals surface area contributed by atoms with Gasteiger partial charge in [0, 0.05) is 12.1 Å². The number of nitrogens with zero attached hydrogens (tertiary/aromatic N) is 1. The largest absolute Gasteiger partial charge is 0.444 e. The van der Waals surface area contributed by atoms with Crippen LogP contribution >= 0.6 is 0 Å². The van der Waals surface area contributed by atoms with E-state index in [0.29, 0.717) is 12.1 Å². The van der Waals surface area contributed by atoms with E-state index in [-0.39, 0.29) is 6.09 Å². The first-order valence-corrected chi connectivity index (χ1v) is 6.05. The number of hydrogen-bond acceptors (Lipinski definition) is 2. The minimum atomic E-state index is -0.396. The van der Waals surface area contributed by atoms with Crippen molar-refractivity contribution in [2.24, 2.45) is 0 Å². The summed E-state index contributed by atoms with van der Waals surface area (Å²) in [6, 6.07) is 0.731. The van der Waals surface area contributed by atoms with Crippen LogP contribution in [-0.4, -0.2) is 28.7 Å². The Labute approximate surface area is 97.5 Å². The Morgan fingerprint density at radius 3 is 2.75 bits per heavy atom. The average Bonchev–Trinajstić information content (AvgIpc) is 2.30. The van der Waals surface area contributed by atoms with Gasteiger partial charge in [-0.3, -0.25) is 0 Å². The number of hydrogen-bond donors (Lipinski definition) is 0. The summed E-state index contributed by atoms with van der Waals surface area (Å²) in [4.78, 5) is 13.9. The molecule has 0 aromatic carbocycles. The van der Waals surface area contributed by atoms with Crippen molar-refractivity contribution in [1.29, 1.82) is 0 Å². The Morgan fingerprint density at radius 2 is 2.12 bits per heavy atom. The second-order valence-electron chi connectivity index (χ2n) is 5.92. The maximum Gasteiger partial charge on any atom is 0.410 e. The number of rotatable bonds is 0. The molecule has 3 heteroatoms. The van der Waals surface area contributed by atoms with Crippen molar-refractivity contribution >= 4 is 6.09 Å². The van der Waals surface area contributed by atoms with Gasteiger partial charge in [0.05, 0.1) is 0 Å². The molecule has 3 fully saturated rings. The average molecular weight is 223 g/mol. The summed E-state index contributed by atoms with van der Waals surface area (Å²) in [5.74, 6) is 0. The van der Waals surface area contributed by atoms with Crippen LogP contribution in [0.5, 0.6) is 0 Å². The highest BCUT2D eigenvalue weighted by Crippen LogP contribution is 2.39. The zero-order valence-corrected chi connectivity index (χ0v) is 10.5. The predicted molar refractivity (Wildman–Crippen MR) is 63.3 cm³/mol. The minimum Gasteiger partial charge on any atom is -0.444 e. The van der Waals surface area contributed by atoms with Gasteiger partial charge in [-0.25, -0.2) is 4.79 Å². The molecule has 16 heavy (non-hydrogen) atoms. The first kappa shape index (κ1) is 11.5. The van der Waals surface area contributed by atoms with Crippen LogP contribution in [0.4, 0.5) is 4.79 Å². The van der Waals surface area contributed by atoms with Gasteiger partial charge in [0.15, 0.2) is 0 Å². The molecule has 2 aliphatic heterocycles. The second-order valence-corrected chi connectivity index (χ2v) is 5.92. The lowest BCUT2D eigenvalue weighted by Gasteiger charge is -2.47. The van der Waals surface area contributed by atoms with Crippen molar-refractivity contribution in [1.82, 2.24) is 4.90 Å². The van der Waals surface area contributed by atoms with Crippen molar-refractivity contribution in [2.45, 2.75) is 64.1 Å². The van der Waals surface area contributed by atoms with E-state index in [4.69, 9.17) is 4.74 Å². The van der Waals surface area contributed by atoms with E-state index < -0.39 is 5.60 Å². The van der Waals surface area contributed by atoms with E-state index in [1.165, 1.54) is 5.57 Å². The van der Waals surface area contributed by atoms with E-state index >= 15 is 0 Å². The van der Waals surface area contributed by atoms with Crippen molar-refractivity contribution in [3.63, 3.8) is 0 Å². The summed E-state index contributed by atoms with van der Waals surface area (Å²) >= 11 is 0. The summed E-state index contributed by atoms with van der Waals surface area (Å²) in [6.45, 7) is 9.77. The highest BCUT2D eigenvalue weighted by atomic mass is 16.6. The normalized spacial score (nSPS) is 29.4. The molecule has 2 atom stereocenters. The maximum atomic E-state index is 12.0. The molecule has 0 spiro atoms. The molecule has 1 saturated carbocycles. The molecule has 3 nitrogen and oxygen atoms in total.